The predicted octanol–water partition coefficient (Wildman–Crippen LogP) is 3.85. The molecule has 0 unspecified atom stereocenters. The lowest BCUT2D eigenvalue weighted by molar-refractivity contribution is -0.137. The third-order valence-electron chi connectivity index (χ3n) is 4.13. The van der Waals surface area contributed by atoms with Gasteiger partial charge in [0.25, 0.3) is 11.1 Å². The molecule has 0 aliphatic heterocycles. The molecule has 2 amide bonds. The third kappa shape index (κ3) is 5.66. The molecule has 0 saturated carbocycles. The Hall–Kier alpha value is -3.28. The number of alkyl halides is 3. The lowest BCUT2D eigenvalue weighted by atomic mass is 10.1. The molecule has 0 bridgehead atoms. The number of aryl methyl sites for hydroxylation is 1. The summed E-state index contributed by atoms with van der Waals surface area (Å²) in [5, 5.41) is 10.1. The fourth-order valence-electron chi connectivity index (χ4n) is 2.55. The molecule has 2 heterocycles. The first-order chi connectivity index (χ1) is 14.6. The lowest BCUT2D eigenvalue weighted by Gasteiger charge is -2.18. The molecule has 1 aromatic carbocycles. The topological polar surface area (TPSA) is 101 Å². The number of halogens is 3. The second kappa shape index (κ2) is 9.25. The second-order valence-corrected chi connectivity index (χ2v) is 7.32. The highest BCUT2D eigenvalue weighted by Gasteiger charge is 2.33. The van der Waals surface area contributed by atoms with E-state index in [-0.39, 0.29) is 22.6 Å². The normalized spacial score (nSPS) is 11.4. The van der Waals surface area contributed by atoms with Crippen LogP contribution in [0.5, 0.6) is 0 Å². The van der Waals surface area contributed by atoms with Crippen LogP contribution in [0.4, 0.5) is 18.9 Å². The van der Waals surface area contributed by atoms with E-state index >= 15 is 0 Å². The Morgan fingerprint density at radius 2 is 1.94 bits per heavy atom. The van der Waals surface area contributed by atoms with Gasteiger partial charge >= 0.3 is 6.18 Å². The van der Waals surface area contributed by atoms with Crippen LogP contribution in [0.15, 0.2) is 50.7 Å². The Kier molecular flexibility index (Phi) is 6.68. The standard InChI is InChI=1S/C19H17F3N4O4S/c1-11-12(7-8-29-11)17-24-25-18(30-17)31-10-16(28)26(2)9-15(27)23-14-6-4-3-5-13(14)19(20,21)22/h3-8H,9-10H2,1-2H3,(H,23,27). The van der Waals surface area contributed by atoms with Crippen LogP contribution in [0.2, 0.25) is 0 Å². The van der Waals surface area contributed by atoms with Gasteiger partial charge in [-0.1, -0.05) is 23.9 Å². The molecule has 31 heavy (non-hydrogen) atoms. The molecule has 0 aliphatic rings. The van der Waals surface area contributed by atoms with E-state index in [1.165, 1.54) is 25.4 Å². The molecule has 164 valence electrons. The number of nitrogens with one attached hydrogen (secondary N) is 1. The molecule has 0 radical (unpaired) electrons. The average molecular weight is 454 g/mol. The predicted molar refractivity (Wildman–Crippen MR) is 105 cm³/mol. The van der Waals surface area contributed by atoms with Crippen molar-refractivity contribution in [3.05, 3.63) is 47.9 Å². The van der Waals surface area contributed by atoms with Gasteiger partial charge in [0.05, 0.1) is 35.4 Å². The fourth-order valence-corrected chi connectivity index (χ4v) is 3.25. The molecule has 0 atom stereocenters. The van der Waals surface area contributed by atoms with Crippen molar-refractivity contribution in [1.29, 1.82) is 0 Å². The van der Waals surface area contributed by atoms with Gasteiger partial charge in [-0.25, -0.2) is 0 Å². The van der Waals surface area contributed by atoms with Crippen LogP contribution in [-0.4, -0.2) is 46.3 Å². The molecule has 8 nitrogen and oxygen atoms in total. The van der Waals surface area contributed by atoms with Gasteiger partial charge in [-0.05, 0) is 25.1 Å². The van der Waals surface area contributed by atoms with Crippen LogP contribution in [0.3, 0.4) is 0 Å². The second-order valence-electron chi connectivity index (χ2n) is 6.39. The number of anilines is 1. The van der Waals surface area contributed by atoms with Gasteiger partial charge < -0.3 is 19.1 Å². The molecule has 0 fully saturated rings. The van der Waals surface area contributed by atoms with Crippen LogP contribution in [-0.2, 0) is 15.8 Å². The highest BCUT2D eigenvalue weighted by molar-refractivity contribution is 7.99. The monoisotopic (exact) mass is 454 g/mol. The van der Waals surface area contributed by atoms with Gasteiger partial charge in [0.15, 0.2) is 0 Å². The minimum atomic E-state index is -4.61. The smallest absolute Gasteiger partial charge is 0.418 e. The van der Waals surface area contributed by atoms with E-state index < -0.39 is 30.1 Å². The summed E-state index contributed by atoms with van der Waals surface area (Å²) in [6, 6.07) is 6.28. The zero-order valence-electron chi connectivity index (χ0n) is 16.4. The molecule has 1 N–H and O–H groups in total. The summed E-state index contributed by atoms with van der Waals surface area (Å²) in [4.78, 5) is 25.5. The van der Waals surface area contributed by atoms with E-state index in [9.17, 15) is 22.8 Å². The summed E-state index contributed by atoms with van der Waals surface area (Å²) < 4.78 is 49.7. The van der Waals surface area contributed by atoms with Crippen LogP contribution in [0.25, 0.3) is 11.5 Å². The van der Waals surface area contributed by atoms with Crippen molar-refractivity contribution in [2.24, 2.45) is 0 Å². The maximum atomic E-state index is 13.0. The lowest BCUT2D eigenvalue weighted by Crippen LogP contribution is -2.36. The molecule has 12 heteroatoms. The van der Waals surface area contributed by atoms with Crippen molar-refractivity contribution in [3.63, 3.8) is 0 Å². The number of carbonyl (C=O) groups excluding carboxylic acids is 2. The van der Waals surface area contributed by atoms with E-state index in [0.29, 0.717) is 11.3 Å². The van der Waals surface area contributed by atoms with E-state index in [1.54, 1.807) is 13.0 Å². The van der Waals surface area contributed by atoms with Gasteiger partial charge in [-0.3, -0.25) is 9.59 Å². The van der Waals surface area contributed by atoms with E-state index in [1.807, 2.05) is 0 Å². The number of amides is 2. The quantitative estimate of drug-likeness (QED) is 0.541. The summed E-state index contributed by atoms with van der Waals surface area (Å²) in [5.41, 5.74) is -0.699. The number of para-hydroxylation sites is 1. The van der Waals surface area contributed by atoms with Crippen molar-refractivity contribution >= 4 is 29.3 Å². The van der Waals surface area contributed by atoms with Gasteiger partial charge in [0.2, 0.25) is 11.8 Å². The van der Waals surface area contributed by atoms with Crippen molar-refractivity contribution in [3.8, 4) is 11.5 Å². The highest BCUT2D eigenvalue weighted by Crippen LogP contribution is 2.34. The van der Waals surface area contributed by atoms with Crippen molar-refractivity contribution in [2.45, 2.75) is 18.3 Å². The minimum Gasteiger partial charge on any atom is -0.469 e. The van der Waals surface area contributed by atoms with Gasteiger partial charge in [-0.15, -0.1) is 10.2 Å². The fraction of sp³-hybridized carbons (Fsp3) is 0.263. The molecule has 0 aliphatic carbocycles. The van der Waals surface area contributed by atoms with Crippen LogP contribution < -0.4 is 5.32 Å². The number of rotatable bonds is 7. The Labute approximate surface area is 178 Å². The summed E-state index contributed by atoms with van der Waals surface area (Å²) in [6.07, 6.45) is -3.13. The van der Waals surface area contributed by atoms with Crippen molar-refractivity contribution in [2.75, 3.05) is 24.7 Å². The SMILES string of the molecule is Cc1occc1-c1nnc(SCC(=O)N(C)CC(=O)Nc2ccccc2C(F)(F)F)o1. The molecule has 3 rings (SSSR count). The number of hydrogen-bond donors (Lipinski definition) is 1. The van der Waals surface area contributed by atoms with E-state index in [2.05, 4.69) is 15.5 Å². The highest BCUT2D eigenvalue weighted by atomic mass is 32.2. The number of carbonyl (C=O) groups is 2. The van der Waals surface area contributed by atoms with Crippen molar-refractivity contribution < 1.29 is 31.6 Å². The maximum absolute atomic E-state index is 13.0. The molecule has 0 saturated heterocycles. The van der Waals surface area contributed by atoms with Gasteiger partial charge in [-0.2, -0.15) is 13.2 Å². The summed E-state index contributed by atoms with van der Waals surface area (Å²) in [6.45, 7) is 1.32. The number of aromatic nitrogens is 2. The first kappa shape index (κ1) is 22.4. The Morgan fingerprint density at radius 1 is 1.19 bits per heavy atom. The summed E-state index contributed by atoms with van der Waals surface area (Å²) >= 11 is 0.975. The summed E-state index contributed by atoms with van der Waals surface area (Å²) in [7, 11) is 1.37. The number of furan rings is 1. The van der Waals surface area contributed by atoms with Gasteiger partial charge in [0.1, 0.15) is 5.76 Å². The van der Waals surface area contributed by atoms with Gasteiger partial charge in [0, 0.05) is 7.05 Å². The zero-order valence-corrected chi connectivity index (χ0v) is 17.2. The Bertz CT molecular complexity index is 1080. The van der Waals surface area contributed by atoms with Crippen LogP contribution >= 0.6 is 11.8 Å². The Balaban J connectivity index is 1.53. The number of hydrogen-bond acceptors (Lipinski definition) is 7. The van der Waals surface area contributed by atoms with Crippen LogP contribution in [0, 0.1) is 6.92 Å². The minimum absolute atomic E-state index is 0.102. The first-order valence-corrected chi connectivity index (χ1v) is 9.84. The average Bonchev–Trinajstić information content (AvgIpc) is 3.34. The van der Waals surface area contributed by atoms with E-state index in [0.717, 1.165) is 28.8 Å². The number of likely N-dealkylation sites (N-methyl/N-ethyl adjacent to an activating group) is 1. The number of benzene rings is 1. The Morgan fingerprint density at radius 3 is 2.61 bits per heavy atom. The number of nitrogens with zero attached hydrogens (tertiary/aromatic N) is 3. The first-order valence-electron chi connectivity index (χ1n) is 8.86. The van der Waals surface area contributed by atoms with E-state index in [4.69, 9.17) is 8.83 Å². The molecular formula is C19H17F3N4O4S. The molecule has 2 aromatic heterocycles. The third-order valence-corrected chi connectivity index (χ3v) is 4.93. The number of thioether (sulfide) groups is 1. The summed E-state index contributed by atoms with van der Waals surface area (Å²) in [5.74, 6) is -0.447. The molecule has 3 aromatic rings. The molecule has 0 spiro atoms. The van der Waals surface area contributed by atoms with Crippen LogP contribution in [0.1, 0.15) is 11.3 Å². The largest absolute Gasteiger partial charge is 0.469 e. The molecular weight excluding hydrogens is 437 g/mol. The van der Waals surface area contributed by atoms with Crippen molar-refractivity contribution in [1.82, 2.24) is 15.1 Å². The maximum Gasteiger partial charge on any atom is 0.418 e. The zero-order chi connectivity index (χ0) is 22.6.